The molecule has 0 rings (SSSR count). The molecule has 0 aromatic carbocycles. The molecule has 0 heterocycles. The van der Waals surface area contributed by atoms with Crippen molar-refractivity contribution in [3.8, 4) is 0 Å². The fraction of sp³-hybridized carbons (Fsp3) is 0.867. The maximum absolute atomic E-state index is 3.89. The van der Waals surface area contributed by atoms with Crippen LogP contribution >= 0.6 is 0 Å². The third-order valence-corrected chi connectivity index (χ3v) is 3.14. The number of nitrogens with zero attached hydrogens (tertiary/aromatic N) is 1. The molecule has 0 radical (unpaired) electrons. The Morgan fingerprint density at radius 1 is 1.29 bits per heavy atom. The first-order valence-corrected chi connectivity index (χ1v) is 6.93. The molecule has 2 heteroatoms. The summed E-state index contributed by atoms with van der Waals surface area (Å²) in [6, 6.07) is 0.569. The van der Waals surface area contributed by atoms with E-state index in [1.165, 1.54) is 6.42 Å². The Morgan fingerprint density at radius 2 is 1.88 bits per heavy atom. The molecule has 0 aliphatic carbocycles. The van der Waals surface area contributed by atoms with Crippen LogP contribution in [0.25, 0.3) is 0 Å². The third-order valence-electron chi connectivity index (χ3n) is 3.14. The first-order chi connectivity index (χ1) is 7.84. The smallest absolute Gasteiger partial charge is 0.0252 e. The summed E-state index contributed by atoms with van der Waals surface area (Å²) in [6.45, 7) is 20.7. The Labute approximate surface area is 108 Å². The lowest BCUT2D eigenvalue weighted by Gasteiger charge is -2.43. The minimum atomic E-state index is 0.191. The molecular weight excluding hydrogens is 208 g/mol. The summed E-state index contributed by atoms with van der Waals surface area (Å²) in [6.07, 6.45) is 3.21. The molecule has 0 amide bonds. The molecule has 0 spiro atoms. The van der Waals surface area contributed by atoms with E-state index in [2.05, 4.69) is 58.3 Å². The van der Waals surface area contributed by atoms with Crippen LogP contribution in [0.5, 0.6) is 0 Å². The standard InChI is InChI=1S/C15H32N2/c1-8-10-16-12-14(13(3)4)17(11-9-2)15(5,6)7/h9,13-14,16H,2,8,10-12H2,1,3-7H3. The molecule has 1 N–H and O–H groups in total. The minimum Gasteiger partial charge on any atom is -0.315 e. The van der Waals surface area contributed by atoms with E-state index in [1.54, 1.807) is 0 Å². The summed E-state index contributed by atoms with van der Waals surface area (Å²) >= 11 is 0. The summed E-state index contributed by atoms with van der Waals surface area (Å²) in [5.41, 5.74) is 0.191. The zero-order chi connectivity index (χ0) is 13.5. The second-order valence-corrected chi connectivity index (χ2v) is 6.13. The number of nitrogens with one attached hydrogen (secondary N) is 1. The summed E-state index contributed by atoms with van der Waals surface area (Å²) in [4.78, 5) is 2.55. The zero-order valence-corrected chi connectivity index (χ0v) is 12.7. The van der Waals surface area contributed by atoms with Crippen molar-refractivity contribution in [3.63, 3.8) is 0 Å². The van der Waals surface area contributed by atoms with Crippen LogP contribution in [0.3, 0.4) is 0 Å². The lowest BCUT2D eigenvalue weighted by atomic mass is 9.95. The average molecular weight is 240 g/mol. The Balaban J connectivity index is 4.65. The van der Waals surface area contributed by atoms with Gasteiger partial charge in [0, 0.05) is 24.7 Å². The van der Waals surface area contributed by atoms with Crippen molar-refractivity contribution in [2.24, 2.45) is 5.92 Å². The molecule has 0 aromatic heterocycles. The number of rotatable bonds is 8. The fourth-order valence-corrected chi connectivity index (χ4v) is 2.18. The molecule has 0 saturated heterocycles. The van der Waals surface area contributed by atoms with Gasteiger partial charge in [-0.25, -0.2) is 0 Å². The highest BCUT2D eigenvalue weighted by Gasteiger charge is 2.29. The fourth-order valence-electron chi connectivity index (χ4n) is 2.18. The van der Waals surface area contributed by atoms with Gasteiger partial charge in [-0.05, 0) is 39.7 Å². The van der Waals surface area contributed by atoms with E-state index in [0.717, 1.165) is 19.6 Å². The molecular formula is C15H32N2. The summed E-state index contributed by atoms with van der Waals surface area (Å²) in [7, 11) is 0. The van der Waals surface area contributed by atoms with Gasteiger partial charge in [0.2, 0.25) is 0 Å². The minimum absolute atomic E-state index is 0.191. The lowest BCUT2D eigenvalue weighted by Crippen LogP contribution is -2.54. The van der Waals surface area contributed by atoms with Crippen molar-refractivity contribution in [1.29, 1.82) is 0 Å². The van der Waals surface area contributed by atoms with Crippen LogP contribution in [0.1, 0.15) is 48.0 Å². The van der Waals surface area contributed by atoms with Gasteiger partial charge in [0.25, 0.3) is 0 Å². The van der Waals surface area contributed by atoms with Crippen molar-refractivity contribution >= 4 is 0 Å². The molecule has 17 heavy (non-hydrogen) atoms. The van der Waals surface area contributed by atoms with Gasteiger partial charge in [0.15, 0.2) is 0 Å². The summed E-state index contributed by atoms with van der Waals surface area (Å²) in [5, 5.41) is 3.55. The van der Waals surface area contributed by atoms with Gasteiger partial charge in [-0.15, -0.1) is 6.58 Å². The number of hydrogen-bond donors (Lipinski definition) is 1. The maximum atomic E-state index is 3.89. The first kappa shape index (κ1) is 16.7. The molecule has 0 bridgehead atoms. The Kier molecular flexibility index (Phi) is 7.73. The van der Waals surface area contributed by atoms with E-state index in [0.29, 0.717) is 12.0 Å². The first-order valence-electron chi connectivity index (χ1n) is 6.93. The van der Waals surface area contributed by atoms with E-state index < -0.39 is 0 Å². The second-order valence-electron chi connectivity index (χ2n) is 6.13. The van der Waals surface area contributed by atoms with Crippen molar-refractivity contribution in [1.82, 2.24) is 10.2 Å². The van der Waals surface area contributed by atoms with Gasteiger partial charge >= 0.3 is 0 Å². The monoisotopic (exact) mass is 240 g/mol. The Bertz CT molecular complexity index is 203. The van der Waals surface area contributed by atoms with Crippen LogP contribution in [-0.2, 0) is 0 Å². The van der Waals surface area contributed by atoms with Crippen LogP contribution in [0.2, 0.25) is 0 Å². The van der Waals surface area contributed by atoms with E-state index in [1.807, 2.05) is 6.08 Å². The largest absolute Gasteiger partial charge is 0.315 e. The van der Waals surface area contributed by atoms with Gasteiger partial charge in [0.05, 0.1) is 0 Å². The zero-order valence-electron chi connectivity index (χ0n) is 12.7. The van der Waals surface area contributed by atoms with Crippen LogP contribution < -0.4 is 5.32 Å². The molecule has 0 aliphatic heterocycles. The molecule has 0 aliphatic rings. The SMILES string of the molecule is C=CCN(C(CNCCC)C(C)C)C(C)(C)C. The molecule has 2 nitrogen and oxygen atoms in total. The predicted octanol–water partition coefficient (Wildman–Crippen LogP) is 3.30. The van der Waals surface area contributed by atoms with E-state index in [4.69, 9.17) is 0 Å². The summed E-state index contributed by atoms with van der Waals surface area (Å²) < 4.78 is 0. The number of hydrogen-bond acceptors (Lipinski definition) is 2. The highest BCUT2D eigenvalue weighted by Crippen LogP contribution is 2.21. The normalized spacial score (nSPS) is 14.4. The van der Waals surface area contributed by atoms with E-state index in [-0.39, 0.29) is 5.54 Å². The topological polar surface area (TPSA) is 15.3 Å². The third kappa shape index (κ3) is 6.23. The van der Waals surface area contributed by atoms with E-state index >= 15 is 0 Å². The molecule has 0 aromatic rings. The highest BCUT2D eigenvalue weighted by molar-refractivity contribution is 4.90. The van der Waals surface area contributed by atoms with Crippen molar-refractivity contribution in [2.75, 3.05) is 19.6 Å². The molecule has 0 saturated carbocycles. The average Bonchev–Trinajstić information content (AvgIpc) is 2.20. The van der Waals surface area contributed by atoms with Crippen molar-refractivity contribution < 1.29 is 0 Å². The van der Waals surface area contributed by atoms with Crippen LogP contribution in [0, 0.1) is 5.92 Å². The molecule has 102 valence electrons. The predicted molar refractivity (Wildman–Crippen MR) is 78.4 cm³/mol. The quantitative estimate of drug-likeness (QED) is 0.517. The van der Waals surface area contributed by atoms with Crippen molar-refractivity contribution in [2.45, 2.75) is 59.5 Å². The second kappa shape index (κ2) is 7.88. The molecule has 1 atom stereocenters. The van der Waals surface area contributed by atoms with Gasteiger partial charge in [0.1, 0.15) is 0 Å². The molecule has 1 unspecified atom stereocenters. The van der Waals surface area contributed by atoms with Gasteiger partial charge in [-0.1, -0.05) is 26.8 Å². The van der Waals surface area contributed by atoms with Crippen molar-refractivity contribution in [3.05, 3.63) is 12.7 Å². The van der Waals surface area contributed by atoms with Crippen LogP contribution in [0.4, 0.5) is 0 Å². The van der Waals surface area contributed by atoms with Crippen LogP contribution in [0.15, 0.2) is 12.7 Å². The van der Waals surface area contributed by atoms with Crippen LogP contribution in [-0.4, -0.2) is 36.1 Å². The van der Waals surface area contributed by atoms with Gasteiger partial charge < -0.3 is 5.32 Å². The van der Waals surface area contributed by atoms with Gasteiger partial charge in [-0.2, -0.15) is 0 Å². The Hall–Kier alpha value is -0.340. The highest BCUT2D eigenvalue weighted by atomic mass is 15.2. The lowest BCUT2D eigenvalue weighted by molar-refractivity contribution is 0.0695. The molecule has 0 fully saturated rings. The van der Waals surface area contributed by atoms with E-state index in [9.17, 15) is 0 Å². The Morgan fingerprint density at radius 3 is 2.24 bits per heavy atom. The maximum Gasteiger partial charge on any atom is 0.0252 e. The van der Waals surface area contributed by atoms with Gasteiger partial charge in [-0.3, -0.25) is 4.90 Å². The summed E-state index contributed by atoms with van der Waals surface area (Å²) in [5.74, 6) is 0.651.